The van der Waals surface area contributed by atoms with E-state index in [1.165, 1.54) is 11.6 Å². The first-order chi connectivity index (χ1) is 13.7. The molecule has 1 N–H and O–H groups in total. The van der Waals surface area contributed by atoms with Gasteiger partial charge in [-0.15, -0.1) is 0 Å². The fraction of sp³-hybridized carbons (Fsp3) is 0.348. The first kappa shape index (κ1) is 21.0. The number of aryl methyl sites for hydroxylation is 1. The van der Waals surface area contributed by atoms with Gasteiger partial charge in [0.1, 0.15) is 6.17 Å². The number of rotatable bonds is 6. The summed E-state index contributed by atoms with van der Waals surface area (Å²) in [5.41, 5.74) is 2.29. The van der Waals surface area contributed by atoms with E-state index in [2.05, 4.69) is 5.32 Å². The smallest absolute Gasteiger partial charge is 0.362 e. The minimum Gasteiger partial charge on any atom is -0.362 e. The first-order valence-electron chi connectivity index (χ1n) is 9.66. The van der Waals surface area contributed by atoms with Crippen molar-refractivity contribution in [3.8, 4) is 0 Å². The highest BCUT2D eigenvalue weighted by molar-refractivity contribution is 5.97. The maximum atomic E-state index is 13.0. The van der Waals surface area contributed by atoms with Crippen LogP contribution in [-0.4, -0.2) is 23.0 Å². The summed E-state index contributed by atoms with van der Waals surface area (Å²) in [7, 11) is 0. The summed E-state index contributed by atoms with van der Waals surface area (Å²) in [6.45, 7) is 5.60. The van der Waals surface area contributed by atoms with Crippen LogP contribution in [0.3, 0.4) is 0 Å². The van der Waals surface area contributed by atoms with Crippen molar-refractivity contribution in [1.29, 1.82) is 0 Å². The largest absolute Gasteiger partial charge is 0.416 e. The quantitative estimate of drug-likeness (QED) is 0.678. The van der Waals surface area contributed by atoms with Crippen LogP contribution in [0.25, 0.3) is 0 Å². The van der Waals surface area contributed by atoms with Gasteiger partial charge in [-0.1, -0.05) is 36.4 Å². The van der Waals surface area contributed by atoms with Crippen LogP contribution < -0.4 is 5.32 Å². The summed E-state index contributed by atoms with van der Waals surface area (Å²) in [6.07, 6.45) is -3.29. The topological polar surface area (TPSA) is 32.3 Å². The molecule has 0 bridgehead atoms. The average Bonchev–Trinajstić information content (AvgIpc) is 2.90. The molecule has 1 aliphatic heterocycles. The highest BCUT2D eigenvalue weighted by Gasteiger charge is 2.38. The van der Waals surface area contributed by atoms with Crippen molar-refractivity contribution in [2.75, 3.05) is 5.32 Å². The minimum absolute atomic E-state index is 0.0709. The molecule has 3 rings (SSSR count). The number of hydrogen-bond acceptors (Lipinski definition) is 2. The molecule has 0 aromatic heterocycles. The van der Waals surface area contributed by atoms with Gasteiger partial charge in [0.05, 0.1) is 5.56 Å². The van der Waals surface area contributed by atoms with Gasteiger partial charge >= 0.3 is 6.18 Å². The molecule has 1 heterocycles. The summed E-state index contributed by atoms with van der Waals surface area (Å²) in [5.74, 6) is -0.0764. The molecule has 29 heavy (non-hydrogen) atoms. The number of halogens is 3. The van der Waals surface area contributed by atoms with Crippen LogP contribution in [0.15, 0.2) is 65.7 Å². The number of benzene rings is 2. The van der Waals surface area contributed by atoms with E-state index in [0.717, 1.165) is 30.5 Å². The van der Waals surface area contributed by atoms with E-state index < -0.39 is 17.9 Å². The third-order valence-corrected chi connectivity index (χ3v) is 5.50. The van der Waals surface area contributed by atoms with E-state index >= 15 is 0 Å². The number of carbonyl (C=O) groups is 1. The Morgan fingerprint density at radius 1 is 1.07 bits per heavy atom. The molecule has 6 heteroatoms. The standard InChI is InChI=1S/C23H25F3N2O/c1-15(12-13-18-8-5-4-6-9-18)28-21(16(2)17(3)22(28)29)27-20-11-7-10-19(14-20)23(24,25)26/h4-11,14-15,21,27H,12-13H2,1-3H3. The van der Waals surface area contributed by atoms with Crippen LogP contribution >= 0.6 is 0 Å². The molecule has 2 aromatic rings. The molecular formula is C23H25F3N2O. The minimum atomic E-state index is -4.41. The maximum Gasteiger partial charge on any atom is 0.416 e. The number of hydrogen-bond donors (Lipinski definition) is 1. The molecule has 0 fully saturated rings. The zero-order valence-electron chi connectivity index (χ0n) is 16.8. The molecule has 2 aromatic carbocycles. The van der Waals surface area contributed by atoms with Crippen LogP contribution in [0.2, 0.25) is 0 Å². The number of anilines is 1. The second kappa shape index (κ2) is 8.31. The molecule has 0 saturated heterocycles. The van der Waals surface area contributed by atoms with Crippen LogP contribution in [0.4, 0.5) is 18.9 Å². The average molecular weight is 402 g/mol. The Balaban J connectivity index is 1.78. The monoisotopic (exact) mass is 402 g/mol. The normalized spacial score (nSPS) is 18.3. The van der Waals surface area contributed by atoms with Gasteiger partial charge in [-0.2, -0.15) is 13.2 Å². The Labute approximate surface area is 169 Å². The SMILES string of the molecule is CC1=C(C)C(Nc2cccc(C(F)(F)F)c2)N(C(C)CCc2ccccc2)C1=O. The highest BCUT2D eigenvalue weighted by atomic mass is 19.4. The van der Waals surface area contributed by atoms with Gasteiger partial charge in [0.2, 0.25) is 0 Å². The van der Waals surface area contributed by atoms with Gasteiger partial charge in [0.25, 0.3) is 5.91 Å². The lowest BCUT2D eigenvalue weighted by Crippen LogP contribution is -2.46. The van der Waals surface area contributed by atoms with E-state index in [4.69, 9.17) is 0 Å². The summed E-state index contributed by atoms with van der Waals surface area (Å²) >= 11 is 0. The van der Waals surface area contributed by atoms with Gasteiger partial charge in [-0.05, 0) is 62.9 Å². The third kappa shape index (κ3) is 4.63. The lowest BCUT2D eigenvalue weighted by atomic mass is 10.0. The molecule has 0 saturated carbocycles. The van der Waals surface area contributed by atoms with Crippen molar-refractivity contribution in [1.82, 2.24) is 4.90 Å². The predicted molar refractivity (Wildman–Crippen MR) is 108 cm³/mol. The van der Waals surface area contributed by atoms with Crippen molar-refractivity contribution in [2.24, 2.45) is 0 Å². The molecule has 0 spiro atoms. The summed E-state index contributed by atoms with van der Waals surface area (Å²) in [4.78, 5) is 14.6. The number of nitrogens with zero attached hydrogens (tertiary/aromatic N) is 1. The van der Waals surface area contributed by atoms with Crippen LogP contribution in [0.1, 0.15) is 38.3 Å². The number of alkyl halides is 3. The van der Waals surface area contributed by atoms with E-state index in [1.54, 1.807) is 17.9 Å². The van der Waals surface area contributed by atoms with E-state index in [0.29, 0.717) is 11.3 Å². The Hall–Kier alpha value is -2.76. The Morgan fingerprint density at radius 3 is 2.41 bits per heavy atom. The van der Waals surface area contributed by atoms with Crippen LogP contribution in [-0.2, 0) is 17.4 Å². The van der Waals surface area contributed by atoms with Crippen molar-refractivity contribution < 1.29 is 18.0 Å². The van der Waals surface area contributed by atoms with Crippen LogP contribution in [0.5, 0.6) is 0 Å². The third-order valence-electron chi connectivity index (χ3n) is 5.50. The van der Waals surface area contributed by atoms with E-state index in [1.807, 2.05) is 44.2 Å². The molecule has 0 radical (unpaired) electrons. The van der Waals surface area contributed by atoms with Crippen molar-refractivity contribution in [3.05, 3.63) is 76.9 Å². The van der Waals surface area contributed by atoms with Crippen molar-refractivity contribution >= 4 is 11.6 Å². The van der Waals surface area contributed by atoms with Gasteiger partial charge in [-0.3, -0.25) is 4.79 Å². The van der Waals surface area contributed by atoms with Gasteiger partial charge in [0.15, 0.2) is 0 Å². The number of carbonyl (C=O) groups excluding carboxylic acids is 1. The lowest BCUT2D eigenvalue weighted by Gasteiger charge is -2.33. The first-order valence-corrected chi connectivity index (χ1v) is 9.66. The lowest BCUT2D eigenvalue weighted by molar-refractivity contribution is -0.137. The van der Waals surface area contributed by atoms with E-state index in [9.17, 15) is 18.0 Å². The predicted octanol–water partition coefficient (Wildman–Crippen LogP) is 5.64. The molecule has 0 aliphatic carbocycles. The highest BCUT2D eigenvalue weighted by Crippen LogP contribution is 2.33. The molecular weight excluding hydrogens is 377 g/mol. The van der Waals surface area contributed by atoms with Crippen molar-refractivity contribution in [2.45, 2.75) is 52.0 Å². The number of amides is 1. The zero-order valence-corrected chi connectivity index (χ0v) is 16.8. The Kier molecular flexibility index (Phi) is 6.01. The molecule has 2 unspecified atom stereocenters. The summed E-state index contributed by atoms with van der Waals surface area (Å²) in [5, 5.41) is 3.14. The second-order valence-electron chi connectivity index (χ2n) is 7.52. The molecule has 154 valence electrons. The van der Waals surface area contributed by atoms with E-state index in [-0.39, 0.29) is 11.9 Å². The Bertz CT molecular complexity index is 906. The van der Waals surface area contributed by atoms with Gasteiger partial charge in [-0.25, -0.2) is 0 Å². The molecule has 3 nitrogen and oxygen atoms in total. The zero-order chi connectivity index (χ0) is 21.2. The van der Waals surface area contributed by atoms with Crippen molar-refractivity contribution in [3.63, 3.8) is 0 Å². The maximum absolute atomic E-state index is 13.0. The second-order valence-corrected chi connectivity index (χ2v) is 7.52. The van der Waals surface area contributed by atoms with Gasteiger partial charge in [0, 0.05) is 17.3 Å². The van der Waals surface area contributed by atoms with Crippen LogP contribution in [0, 0.1) is 0 Å². The molecule has 1 amide bonds. The number of nitrogens with one attached hydrogen (secondary N) is 1. The molecule has 2 atom stereocenters. The molecule has 1 aliphatic rings. The van der Waals surface area contributed by atoms with Gasteiger partial charge < -0.3 is 10.2 Å². The fourth-order valence-electron chi connectivity index (χ4n) is 3.63. The summed E-state index contributed by atoms with van der Waals surface area (Å²) < 4.78 is 39.1. The summed E-state index contributed by atoms with van der Waals surface area (Å²) in [6, 6.07) is 15.0. The fourth-order valence-corrected chi connectivity index (χ4v) is 3.63. The Morgan fingerprint density at radius 2 is 1.76 bits per heavy atom.